The Hall–Kier alpha value is -1.09. The molecule has 1 aromatic heterocycles. The van der Waals surface area contributed by atoms with Crippen LogP contribution in [0.2, 0.25) is 5.15 Å². The van der Waals surface area contributed by atoms with Crippen LogP contribution < -0.4 is 0 Å². The van der Waals surface area contributed by atoms with Gasteiger partial charge in [-0.2, -0.15) is 0 Å². The van der Waals surface area contributed by atoms with E-state index < -0.39 is 0 Å². The van der Waals surface area contributed by atoms with Crippen molar-refractivity contribution in [1.82, 2.24) is 4.98 Å². The van der Waals surface area contributed by atoms with Crippen LogP contribution >= 0.6 is 11.6 Å². The van der Waals surface area contributed by atoms with Crippen molar-refractivity contribution < 1.29 is 9.90 Å². The molecule has 0 spiro atoms. The van der Waals surface area contributed by atoms with Crippen molar-refractivity contribution in [2.24, 2.45) is 0 Å². The predicted octanol–water partition coefficient (Wildman–Crippen LogP) is 1.74. The minimum Gasteiger partial charge on any atom is -0.483 e. The highest BCUT2D eigenvalue weighted by Gasteiger charge is 1.84. The van der Waals surface area contributed by atoms with Crippen molar-refractivity contribution in [2.75, 3.05) is 0 Å². The van der Waals surface area contributed by atoms with Crippen LogP contribution in [0.3, 0.4) is 0 Å². The molecule has 1 rings (SSSR count). The number of carbonyl (C=O) groups is 1. The number of rotatable bonds is 0. The van der Waals surface area contributed by atoms with Gasteiger partial charge in [-0.3, -0.25) is 4.79 Å². The van der Waals surface area contributed by atoms with Crippen molar-refractivity contribution in [3.05, 3.63) is 29.0 Å². The van der Waals surface area contributed by atoms with Crippen LogP contribution in [-0.4, -0.2) is 16.6 Å². The maximum Gasteiger partial charge on any atom is 0.290 e. The number of halogens is 1. The number of aromatic nitrogens is 1. The Morgan fingerprint density at radius 3 is 2.45 bits per heavy atom. The molecule has 0 unspecified atom stereocenters. The SMILES string of the molecule is Cc1cccc(Cl)n1.O=CO. The van der Waals surface area contributed by atoms with Crippen molar-refractivity contribution >= 4 is 18.1 Å². The maximum absolute atomic E-state index is 8.36. The summed E-state index contributed by atoms with van der Waals surface area (Å²) < 4.78 is 0. The Balaban J connectivity index is 0.000000292. The van der Waals surface area contributed by atoms with Crippen LogP contribution in [0.25, 0.3) is 0 Å². The van der Waals surface area contributed by atoms with Crippen LogP contribution in [0.4, 0.5) is 0 Å². The van der Waals surface area contributed by atoms with E-state index in [4.69, 9.17) is 21.5 Å². The zero-order chi connectivity index (χ0) is 8.69. The molecular formula is C7H8ClNO2. The second-order valence-electron chi connectivity index (χ2n) is 1.71. The first-order valence-electron chi connectivity index (χ1n) is 2.87. The fourth-order valence-electron chi connectivity index (χ4n) is 0.510. The van der Waals surface area contributed by atoms with E-state index in [0.29, 0.717) is 5.15 Å². The fourth-order valence-corrected chi connectivity index (χ4v) is 0.716. The number of aryl methyl sites for hydroxylation is 1. The van der Waals surface area contributed by atoms with Crippen LogP contribution in [0.5, 0.6) is 0 Å². The summed E-state index contributed by atoms with van der Waals surface area (Å²) in [5.41, 5.74) is 0.956. The van der Waals surface area contributed by atoms with E-state index >= 15 is 0 Å². The highest BCUT2D eigenvalue weighted by Crippen LogP contribution is 2.02. The normalized spacial score (nSPS) is 7.82. The quantitative estimate of drug-likeness (QED) is 0.480. The van der Waals surface area contributed by atoms with Crippen molar-refractivity contribution in [3.63, 3.8) is 0 Å². The molecule has 0 bridgehead atoms. The first-order chi connectivity index (χ1) is 5.20. The summed E-state index contributed by atoms with van der Waals surface area (Å²) in [6, 6.07) is 5.55. The number of hydrogen-bond acceptors (Lipinski definition) is 2. The van der Waals surface area contributed by atoms with Gasteiger partial charge in [-0.15, -0.1) is 0 Å². The third-order valence-electron chi connectivity index (χ3n) is 0.854. The highest BCUT2D eigenvalue weighted by atomic mass is 35.5. The average molecular weight is 174 g/mol. The molecular weight excluding hydrogens is 166 g/mol. The van der Waals surface area contributed by atoms with Gasteiger partial charge in [0, 0.05) is 5.69 Å². The van der Waals surface area contributed by atoms with Crippen LogP contribution in [-0.2, 0) is 4.79 Å². The molecule has 0 aliphatic rings. The lowest BCUT2D eigenvalue weighted by Crippen LogP contribution is -1.76. The predicted molar refractivity (Wildman–Crippen MR) is 42.7 cm³/mol. The van der Waals surface area contributed by atoms with Gasteiger partial charge in [0.15, 0.2) is 0 Å². The molecule has 0 aliphatic carbocycles. The maximum atomic E-state index is 8.36. The monoisotopic (exact) mass is 173 g/mol. The Morgan fingerprint density at radius 1 is 1.64 bits per heavy atom. The Bertz CT molecular complexity index is 210. The Kier molecular flexibility index (Phi) is 5.11. The molecule has 0 aliphatic heterocycles. The van der Waals surface area contributed by atoms with Gasteiger partial charge in [-0.05, 0) is 19.1 Å². The van der Waals surface area contributed by atoms with Gasteiger partial charge < -0.3 is 5.11 Å². The van der Waals surface area contributed by atoms with E-state index in [0.717, 1.165) is 5.69 Å². The summed E-state index contributed by atoms with van der Waals surface area (Å²) in [5.74, 6) is 0. The van der Waals surface area contributed by atoms with E-state index in [1.54, 1.807) is 6.07 Å². The molecule has 0 saturated heterocycles. The van der Waals surface area contributed by atoms with Gasteiger partial charge in [0.05, 0.1) is 0 Å². The standard InChI is InChI=1S/C6H6ClN.CH2O2/c1-5-3-2-4-6(7)8-5;2-1-3/h2-4H,1H3;1H,(H,2,3). The van der Waals surface area contributed by atoms with Crippen molar-refractivity contribution in [2.45, 2.75) is 6.92 Å². The van der Waals surface area contributed by atoms with Crippen molar-refractivity contribution in [1.29, 1.82) is 0 Å². The second kappa shape index (κ2) is 5.68. The van der Waals surface area contributed by atoms with E-state index in [9.17, 15) is 0 Å². The van der Waals surface area contributed by atoms with Crippen molar-refractivity contribution in [3.8, 4) is 0 Å². The van der Waals surface area contributed by atoms with Crippen LogP contribution in [0.15, 0.2) is 18.2 Å². The Labute approximate surface area is 69.6 Å². The van der Waals surface area contributed by atoms with Gasteiger partial charge in [-0.1, -0.05) is 17.7 Å². The summed E-state index contributed by atoms with van der Waals surface area (Å²) in [6.45, 7) is 1.66. The minimum absolute atomic E-state index is 0.250. The fraction of sp³-hybridized carbons (Fsp3) is 0.143. The topological polar surface area (TPSA) is 50.2 Å². The first kappa shape index (κ1) is 9.91. The van der Waals surface area contributed by atoms with Crippen LogP contribution in [0, 0.1) is 6.92 Å². The van der Waals surface area contributed by atoms with Gasteiger partial charge in [-0.25, -0.2) is 4.98 Å². The molecule has 0 saturated carbocycles. The van der Waals surface area contributed by atoms with Gasteiger partial charge in [0.2, 0.25) is 0 Å². The molecule has 4 heteroatoms. The molecule has 0 atom stereocenters. The summed E-state index contributed by atoms with van der Waals surface area (Å²) in [5, 5.41) is 7.45. The zero-order valence-electron chi connectivity index (χ0n) is 5.99. The molecule has 0 radical (unpaired) electrons. The number of carboxylic acid groups (broad SMARTS) is 1. The van der Waals surface area contributed by atoms with E-state index in [-0.39, 0.29) is 6.47 Å². The number of hydrogen-bond donors (Lipinski definition) is 1. The van der Waals surface area contributed by atoms with Crippen LogP contribution in [0.1, 0.15) is 5.69 Å². The molecule has 0 aromatic carbocycles. The molecule has 0 fully saturated rings. The smallest absolute Gasteiger partial charge is 0.290 e. The third kappa shape index (κ3) is 5.36. The summed E-state index contributed by atoms with van der Waals surface area (Å²) in [4.78, 5) is 12.3. The second-order valence-corrected chi connectivity index (χ2v) is 2.09. The van der Waals surface area contributed by atoms with Gasteiger partial charge >= 0.3 is 0 Å². The zero-order valence-corrected chi connectivity index (χ0v) is 6.75. The molecule has 11 heavy (non-hydrogen) atoms. The number of nitrogens with zero attached hydrogens (tertiary/aromatic N) is 1. The molecule has 1 N–H and O–H groups in total. The lowest BCUT2D eigenvalue weighted by atomic mass is 10.4. The lowest BCUT2D eigenvalue weighted by molar-refractivity contribution is -0.122. The third-order valence-corrected chi connectivity index (χ3v) is 1.06. The first-order valence-corrected chi connectivity index (χ1v) is 3.25. The molecule has 60 valence electrons. The summed E-state index contributed by atoms with van der Waals surface area (Å²) in [7, 11) is 0. The Morgan fingerprint density at radius 2 is 2.18 bits per heavy atom. The van der Waals surface area contributed by atoms with Gasteiger partial charge in [0.1, 0.15) is 5.15 Å². The minimum atomic E-state index is -0.250. The van der Waals surface area contributed by atoms with E-state index in [2.05, 4.69) is 4.98 Å². The highest BCUT2D eigenvalue weighted by molar-refractivity contribution is 6.29. The molecule has 0 amide bonds. The summed E-state index contributed by atoms with van der Waals surface area (Å²) in [6.07, 6.45) is 0. The van der Waals surface area contributed by atoms with Gasteiger partial charge in [0.25, 0.3) is 6.47 Å². The molecule has 1 heterocycles. The number of pyridine rings is 1. The van der Waals surface area contributed by atoms with E-state index in [1.165, 1.54) is 0 Å². The largest absolute Gasteiger partial charge is 0.483 e. The molecule has 1 aromatic rings. The molecule has 3 nitrogen and oxygen atoms in total. The van der Waals surface area contributed by atoms with E-state index in [1.807, 2.05) is 19.1 Å². The lowest BCUT2D eigenvalue weighted by Gasteiger charge is -1.88. The average Bonchev–Trinajstić information content (AvgIpc) is 1.88. The summed E-state index contributed by atoms with van der Waals surface area (Å²) >= 11 is 5.53.